The first-order chi connectivity index (χ1) is 7.27. The van der Waals surface area contributed by atoms with Crippen LogP contribution in [0.3, 0.4) is 0 Å². The SMILES string of the molecule is CCCc1cccc(C(=O)CCSC)c1. The quantitative estimate of drug-likeness (QED) is 0.684. The summed E-state index contributed by atoms with van der Waals surface area (Å²) in [6.07, 6.45) is 4.86. The van der Waals surface area contributed by atoms with Crippen molar-refractivity contribution in [2.75, 3.05) is 12.0 Å². The summed E-state index contributed by atoms with van der Waals surface area (Å²) in [5.41, 5.74) is 2.14. The molecule has 0 atom stereocenters. The highest BCUT2D eigenvalue weighted by molar-refractivity contribution is 7.98. The molecule has 15 heavy (non-hydrogen) atoms. The van der Waals surface area contributed by atoms with E-state index in [0.717, 1.165) is 24.2 Å². The molecule has 1 nitrogen and oxygen atoms in total. The van der Waals surface area contributed by atoms with Crippen LogP contribution in [-0.2, 0) is 6.42 Å². The number of aryl methyl sites for hydroxylation is 1. The lowest BCUT2D eigenvalue weighted by Crippen LogP contribution is -2.01. The maximum atomic E-state index is 11.7. The van der Waals surface area contributed by atoms with Crippen molar-refractivity contribution in [3.05, 3.63) is 35.4 Å². The summed E-state index contributed by atoms with van der Waals surface area (Å²) in [6.45, 7) is 2.15. The third-order valence-electron chi connectivity index (χ3n) is 2.32. The molecule has 1 aromatic rings. The molecular weight excluding hydrogens is 204 g/mol. The topological polar surface area (TPSA) is 17.1 Å². The lowest BCUT2D eigenvalue weighted by atomic mass is 10.0. The molecule has 0 saturated carbocycles. The highest BCUT2D eigenvalue weighted by Crippen LogP contribution is 2.11. The average Bonchev–Trinajstić information content (AvgIpc) is 2.27. The van der Waals surface area contributed by atoms with Crippen LogP contribution < -0.4 is 0 Å². The van der Waals surface area contributed by atoms with E-state index < -0.39 is 0 Å². The summed E-state index contributed by atoms with van der Waals surface area (Å²) in [6, 6.07) is 8.03. The smallest absolute Gasteiger partial charge is 0.163 e. The van der Waals surface area contributed by atoms with Gasteiger partial charge in [-0.05, 0) is 24.3 Å². The molecule has 2 heteroatoms. The lowest BCUT2D eigenvalue weighted by Gasteiger charge is -2.03. The van der Waals surface area contributed by atoms with Gasteiger partial charge in [0.2, 0.25) is 0 Å². The largest absolute Gasteiger partial charge is 0.294 e. The minimum Gasteiger partial charge on any atom is -0.294 e. The van der Waals surface area contributed by atoms with Crippen molar-refractivity contribution in [3.63, 3.8) is 0 Å². The summed E-state index contributed by atoms with van der Waals surface area (Å²) in [5.74, 6) is 1.18. The molecule has 0 heterocycles. The monoisotopic (exact) mass is 222 g/mol. The van der Waals surface area contributed by atoms with E-state index in [2.05, 4.69) is 13.0 Å². The molecule has 0 aliphatic heterocycles. The highest BCUT2D eigenvalue weighted by atomic mass is 32.2. The zero-order chi connectivity index (χ0) is 11.1. The predicted octanol–water partition coefficient (Wildman–Crippen LogP) is 3.57. The summed E-state index contributed by atoms with van der Waals surface area (Å²) in [4.78, 5) is 11.7. The molecule has 0 bridgehead atoms. The first kappa shape index (κ1) is 12.3. The fourth-order valence-electron chi connectivity index (χ4n) is 1.53. The van der Waals surface area contributed by atoms with E-state index in [4.69, 9.17) is 0 Å². The van der Waals surface area contributed by atoms with E-state index in [0.29, 0.717) is 6.42 Å². The van der Waals surface area contributed by atoms with Gasteiger partial charge in [-0.15, -0.1) is 0 Å². The Morgan fingerprint density at radius 2 is 2.20 bits per heavy atom. The Labute approximate surface area is 96.3 Å². The normalized spacial score (nSPS) is 10.3. The maximum Gasteiger partial charge on any atom is 0.163 e. The van der Waals surface area contributed by atoms with Gasteiger partial charge in [0, 0.05) is 17.7 Å². The third-order valence-corrected chi connectivity index (χ3v) is 2.93. The second kappa shape index (κ2) is 6.67. The zero-order valence-electron chi connectivity index (χ0n) is 9.45. The van der Waals surface area contributed by atoms with Crippen LogP contribution in [0.4, 0.5) is 0 Å². The van der Waals surface area contributed by atoms with Crippen LogP contribution in [0.2, 0.25) is 0 Å². The molecule has 0 fully saturated rings. The van der Waals surface area contributed by atoms with Crippen LogP contribution in [0, 0.1) is 0 Å². The maximum absolute atomic E-state index is 11.7. The van der Waals surface area contributed by atoms with Gasteiger partial charge in [0.25, 0.3) is 0 Å². The van der Waals surface area contributed by atoms with E-state index in [1.807, 2.05) is 24.5 Å². The van der Waals surface area contributed by atoms with Crippen molar-refractivity contribution in [2.45, 2.75) is 26.2 Å². The number of carbonyl (C=O) groups excluding carboxylic acids is 1. The number of hydrogen-bond donors (Lipinski definition) is 0. The Morgan fingerprint density at radius 3 is 2.87 bits per heavy atom. The molecule has 0 aliphatic rings. The first-order valence-corrected chi connectivity index (χ1v) is 6.78. The summed E-state index contributed by atoms with van der Waals surface area (Å²) in [7, 11) is 0. The molecule has 1 rings (SSSR count). The Hall–Kier alpha value is -0.760. The third kappa shape index (κ3) is 4.08. The molecule has 0 unspecified atom stereocenters. The van der Waals surface area contributed by atoms with Crippen LogP contribution in [0.15, 0.2) is 24.3 Å². The van der Waals surface area contributed by atoms with Gasteiger partial charge in [0.05, 0.1) is 0 Å². The summed E-state index contributed by atoms with van der Waals surface area (Å²) in [5, 5.41) is 0. The van der Waals surface area contributed by atoms with Crippen LogP contribution in [0.1, 0.15) is 35.7 Å². The lowest BCUT2D eigenvalue weighted by molar-refractivity contribution is 0.0989. The van der Waals surface area contributed by atoms with E-state index in [1.54, 1.807) is 11.8 Å². The van der Waals surface area contributed by atoms with Crippen molar-refractivity contribution >= 4 is 17.5 Å². The molecule has 0 aromatic heterocycles. The molecule has 1 aromatic carbocycles. The standard InChI is InChI=1S/C13H18OS/c1-3-5-11-6-4-7-12(10-11)13(14)8-9-15-2/h4,6-7,10H,3,5,8-9H2,1-2H3. The Morgan fingerprint density at radius 1 is 1.40 bits per heavy atom. The van der Waals surface area contributed by atoms with Gasteiger partial charge in [-0.3, -0.25) is 4.79 Å². The van der Waals surface area contributed by atoms with Gasteiger partial charge in [-0.2, -0.15) is 11.8 Å². The Bertz CT molecular complexity index is 320. The van der Waals surface area contributed by atoms with Crippen LogP contribution in [-0.4, -0.2) is 17.8 Å². The number of rotatable bonds is 6. The van der Waals surface area contributed by atoms with Gasteiger partial charge >= 0.3 is 0 Å². The van der Waals surface area contributed by atoms with Crippen LogP contribution in [0.5, 0.6) is 0 Å². The minimum absolute atomic E-state index is 0.266. The molecule has 82 valence electrons. The highest BCUT2D eigenvalue weighted by Gasteiger charge is 2.05. The Kier molecular flexibility index (Phi) is 5.48. The molecule has 0 saturated heterocycles. The van der Waals surface area contributed by atoms with E-state index >= 15 is 0 Å². The fraction of sp³-hybridized carbons (Fsp3) is 0.462. The van der Waals surface area contributed by atoms with Crippen molar-refractivity contribution in [1.29, 1.82) is 0 Å². The second-order valence-corrected chi connectivity index (χ2v) is 4.60. The van der Waals surface area contributed by atoms with E-state index in [-0.39, 0.29) is 5.78 Å². The predicted molar refractivity (Wildman–Crippen MR) is 67.8 cm³/mol. The van der Waals surface area contributed by atoms with Gasteiger partial charge < -0.3 is 0 Å². The molecular formula is C13H18OS. The zero-order valence-corrected chi connectivity index (χ0v) is 10.3. The van der Waals surface area contributed by atoms with Crippen molar-refractivity contribution in [3.8, 4) is 0 Å². The molecule has 0 radical (unpaired) electrons. The van der Waals surface area contributed by atoms with Crippen molar-refractivity contribution < 1.29 is 4.79 Å². The van der Waals surface area contributed by atoms with E-state index in [1.165, 1.54) is 5.56 Å². The average molecular weight is 222 g/mol. The number of thioether (sulfide) groups is 1. The van der Waals surface area contributed by atoms with Gasteiger partial charge in [0.1, 0.15) is 0 Å². The van der Waals surface area contributed by atoms with E-state index in [9.17, 15) is 4.79 Å². The fourth-order valence-corrected chi connectivity index (χ4v) is 1.92. The Balaban J connectivity index is 2.67. The first-order valence-electron chi connectivity index (χ1n) is 5.39. The number of hydrogen-bond acceptors (Lipinski definition) is 2. The number of carbonyl (C=O) groups is 1. The second-order valence-electron chi connectivity index (χ2n) is 3.62. The van der Waals surface area contributed by atoms with Gasteiger partial charge in [-0.25, -0.2) is 0 Å². The van der Waals surface area contributed by atoms with Crippen LogP contribution in [0.25, 0.3) is 0 Å². The van der Waals surface area contributed by atoms with Crippen LogP contribution >= 0.6 is 11.8 Å². The number of benzene rings is 1. The molecule has 0 N–H and O–H groups in total. The summed E-state index contributed by atoms with van der Waals surface area (Å²) < 4.78 is 0. The van der Waals surface area contributed by atoms with Gasteiger partial charge in [0.15, 0.2) is 5.78 Å². The van der Waals surface area contributed by atoms with Crippen molar-refractivity contribution in [1.82, 2.24) is 0 Å². The summed E-state index contributed by atoms with van der Waals surface area (Å²) >= 11 is 1.72. The van der Waals surface area contributed by atoms with Gasteiger partial charge in [-0.1, -0.05) is 31.5 Å². The molecule has 0 spiro atoms. The molecule has 0 aliphatic carbocycles. The number of Topliss-reactive ketones (excluding diaryl/α,β-unsaturated/α-hetero) is 1. The minimum atomic E-state index is 0.266. The molecule has 0 amide bonds. The number of ketones is 1. The van der Waals surface area contributed by atoms with Crippen molar-refractivity contribution in [2.24, 2.45) is 0 Å².